The van der Waals surface area contributed by atoms with Crippen molar-refractivity contribution in [2.45, 2.75) is 90.4 Å². The normalized spacial score (nSPS) is 54.2. The van der Waals surface area contributed by atoms with E-state index in [0.717, 1.165) is 25.7 Å². The molecule has 0 aromatic carbocycles. The number of hydrogen-bond acceptors (Lipinski definition) is 2. The molecule has 2 heteroatoms. The molecule has 0 radical (unpaired) electrons. The van der Waals surface area contributed by atoms with E-state index in [1.807, 2.05) is 6.08 Å². The molecular formula is C20H34O2. The zero-order chi connectivity index (χ0) is 16.4. The van der Waals surface area contributed by atoms with Crippen LogP contribution in [0.3, 0.4) is 0 Å². The van der Waals surface area contributed by atoms with Crippen molar-refractivity contribution in [2.24, 2.45) is 22.7 Å². The second-order valence-corrected chi connectivity index (χ2v) is 9.50. The quantitative estimate of drug-likeness (QED) is 0.711. The number of ether oxygens (including phenoxy) is 1. The summed E-state index contributed by atoms with van der Waals surface area (Å²) in [6.45, 7) is 15.5. The van der Waals surface area contributed by atoms with Crippen LogP contribution in [-0.2, 0) is 4.74 Å². The van der Waals surface area contributed by atoms with Crippen LogP contribution < -0.4 is 0 Å². The monoisotopic (exact) mass is 306 g/mol. The largest absolute Gasteiger partial charge is 0.393 e. The predicted octanol–water partition coefficient (Wildman–Crippen LogP) is 4.71. The average Bonchev–Trinajstić information content (AvgIpc) is 2.42. The molecule has 0 bridgehead atoms. The first-order chi connectivity index (χ1) is 10.1. The van der Waals surface area contributed by atoms with Gasteiger partial charge in [-0.1, -0.05) is 26.8 Å². The summed E-state index contributed by atoms with van der Waals surface area (Å²) in [5, 5.41) is 10.5. The lowest BCUT2D eigenvalue weighted by molar-refractivity contribution is -0.262. The number of aliphatic hydroxyl groups is 1. The average molecular weight is 306 g/mol. The molecule has 2 aliphatic carbocycles. The molecule has 0 aromatic rings. The van der Waals surface area contributed by atoms with Crippen molar-refractivity contribution in [1.29, 1.82) is 0 Å². The van der Waals surface area contributed by atoms with E-state index in [0.29, 0.717) is 11.8 Å². The molecule has 1 saturated heterocycles. The summed E-state index contributed by atoms with van der Waals surface area (Å²) in [6.07, 6.45) is 8.48. The lowest BCUT2D eigenvalue weighted by atomic mass is 9.44. The number of aliphatic hydroxyl groups excluding tert-OH is 1. The molecule has 1 N–H and O–H groups in total. The standard InChI is InChI=1S/C20H34O2/c1-7-18(4)11-8-15-19(5)12-10-16(21)17(2,3)14(19)9-13-20(15,6)22-18/h7,14-16,21H,1,8-13H2,2-6H3/t14-,15+,16+,18-,19-,20+/m0/s1. The Labute approximate surface area is 136 Å². The minimum atomic E-state index is -0.169. The zero-order valence-corrected chi connectivity index (χ0v) is 15.1. The van der Waals surface area contributed by atoms with Gasteiger partial charge in [-0.3, -0.25) is 0 Å². The van der Waals surface area contributed by atoms with Gasteiger partial charge in [-0.05, 0) is 75.0 Å². The Morgan fingerprint density at radius 3 is 2.23 bits per heavy atom. The zero-order valence-electron chi connectivity index (χ0n) is 15.1. The van der Waals surface area contributed by atoms with Crippen LogP contribution >= 0.6 is 0 Å². The second-order valence-electron chi connectivity index (χ2n) is 9.50. The molecule has 126 valence electrons. The molecule has 3 fully saturated rings. The fourth-order valence-electron chi connectivity index (χ4n) is 6.41. The fourth-order valence-corrected chi connectivity index (χ4v) is 6.41. The van der Waals surface area contributed by atoms with Crippen LogP contribution in [0.25, 0.3) is 0 Å². The minimum Gasteiger partial charge on any atom is -0.393 e. The van der Waals surface area contributed by atoms with Gasteiger partial charge in [0.2, 0.25) is 0 Å². The van der Waals surface area contributed by atoms with E-state index in [4.69, 9.17) is 4.74 Å². The van der Waals surface area contributed by atoms with Crippen LogP contribution in [0.4, 0.5) is 0 Å². The maximum atomic E-state index is 10.5. The second kappa shape index (κ2) is 4.83. The van der Waals surface area contributed by atoms with Gasteiger partial charge in [0.15, 0.2) is 0 Å². The number of hydrogen-bond donors (Lipinski definition) is 1. The first-order valence-electron chi connectivity index (χ1n) is 9.09. The predicted molar refractivity (Wildman–Crippen MR) is 90.7 cm³/mol. The third kappa shape index (κ3) is 2.13. The smallest absolute Gasteiger partial charge is 0.0839 e. The van der Waals surface area contributed by atoms with Crippen LogP contribution in [-0.4, -0.2) is 22.4 Å². The molecule has 3 rings (SSSR count). The Morgan fingerprint density at radius 2 is 1.59 bits per heavy atom. The summed E-state index contributed by atoms with van der Waals surface area (Å²) in [6, 6.07) is 0. The molecule has 0 spiro atoms. The van der Waals surface area contributed by atoms with E-state index in [1.165, 1.54) is 12.8 Å². The topological polar surface area (TPSA) is 29.5 Å². The Balaban J connectivity index is 1.95. The van der Waals surface area contributed by atoms with Crippen LogP contribution in [0.5, 0.6) is 0 Å². The summed E-state index contributed by atoms with van der Waals surface area (Å²) >= 11 is 0. The molecule has 0 unspecified atom stereocenters. The van der Waals surface area contributed by atoms with Gasteiger partial charge >= 0.3 is 0 Å². The molecule has 2 nitrogen and oxygen atoms in total. The molecule has 2 saturated carbocycles. The van der Waals surface area contributed by atoms with Gasteiger partial charge in [0.25, 0.3) is 0 Å². The maximum absolute atomic E-state index is 10.5. The van der Waals surface area contributed by atoms with Crippen molar-refractivity contribution in [3.05, 3.63) is 12.7 Å². The van der Waals surface area contributed by atoms with Crippen LogP contribution in [0, 0.1) is 22.7 Å². The first-order valence-corrected chi connectivity index (χ1v) is 9.09. The highest BCUT2D eigenvalue weighted by atomic mass is 16.5. The van der Waals surface area contributed by atoms with E-state index in [1.54, 1.807) is 0 Å². The van der Waals surface area contributed by atoms with Crippen molar-refractivity contribution in [3.8, 4) is 0 Å². The van der Waals surface area contributed by atoms with E-state index in [9.17, 15) is 5.11 Å². The van der Waals surface area contributed by atoms with Crippen LogP contribution in [0.2, 0.25) is 0 Å². The first kappa shape index (κ1) is 16.5. The lowest BCUT2D eigenvalue weighted by Gasteiger charge is -2.65. The Morgan fingerprint density at radius 1 is 0.955 bits per heavy atom. The van der Waals surface area contributed by atoms with Crippen molar-refractivity contribution >= 4 is 0 Å². The Hall–Kier alpha value is -0.340. The minimum absolute atomic E-state index is 0.0213. The molecular weight excluding hydrogens is 272 g/mol. The lowest BCUT2D eigenvalue weighted by Crippen LogP contribution is -2.64. The van der Waals surface area contributed by atoms with E-state index >= 15 is 0 Å². The Bertz CT molecular complexity index is 470. The van der Waals surface area contributed by atoms with E-state index in [-0.39, 0.29) is 28.1 Å². The SMILES string of the molecule is C=C[C@@]1(C)CC[C@@H]2[C@@]3(C)CC[C@@H](O)C(C)(C)[C@@H]3CC[C@@]2(C)O1. The summed E-state index contributed by atoms with van der Waals surface area (Å²) in [5.74, 6) is 1.19. The van der Waals surface area contributed by atoms with E-state index in [2.05, 4.69) is 41.2 Å². The summed E-state index contributed by atoms with van der Waals surface area (Å²) in [4.78, 5) is 0. The van der Waals surface area contributed by atoms with E-state index < -0.39 is 0 Å². The molecule has 6 atom stereocenters. The number of fused-ring (bicyclic) bond motifs is 3. The van der Waals surface area contributed by atoms with Gasteiger partial charge in [-0.15, -0.1) is 6.58 Å². The van der Waals surface area contributed by atoms with Crippen molar-refractivity contribution < 1.29 is 9.84 Å². The van der Waals surface area contributed by atoms with Crippen molar-refractivity contribution in [3.63, 3.8) is 0 Å². The maximum Gasteiger partial charge on any atom is 0.0839 e. The highest BCUT2D eigenvalue weighted by molar-refractivity contribution is 5.13. The van der Waals surface area contributed by atoms with Gasteiger partial charge in [0.05, 0.1) is 17.3 Å². The molecule has 0 aromatic heterocycles. The van der Waals surface area contributed by atoms with Crippen molar-refractivity contribution in [1.82, 2.24) is 0 Å². The number of rotatable bonds is 1. The van der Waals surface area contributed by atoms with Gasteiger partial charge < -0.3 is 9.84 Å². The van der Waals surface area contributed by atoms with Crippen LogP contribution in [0.1, 0.15) is 73.1 Å². The summed E-state index contributed by atoms with van der Waals surface area (Å²) in [5.41, 5.74) is 0.106. The molecule has 0 amide bonds. The molecule has 3 aliphatic rings. The van der Waals surface area contributed by atoms with Gasteiger partial charge in [0.1, 0.15) is 0 Å². The van der Waals surface area contributed by atoms with Crippen LogP contribution in [0.15, 0.2) is 12.7 Å². The van der Waals surface area contributed by atoms with Gasteiger partial charge in [-0.25, -0.2) is 0 Å². The highest BCUT2D eigenvalue weighted by Crippen LogP contribution is 2.65. The third-order valence-corrected chi connectivity index (χ3v) is 7.80. The molecule has 1 aliphatic heterocycles. The fraction of sp³-hybridized carbons (Fsp3) is 0.900. The third-order valence-electron chi connectivity index (χ3n) is 7.80. The summed E-state index contributed by atoms with van der Waals surface area (Å²) in [7, 11) is 0. The Kier molecular flexibility index (Phi) is 3.63. The molecule has 1 heterocycles. The summed E-state index contributed by atoms with van der Waals surface area (Å²) < 4.78 is 6.64. The highest BCUT2D eigenvalue weighted by Gasteiger charge is 2.62. The van der Waals surface area contributed by atoms with Crippen molar-refractivity contribution in [2.75, 3.05) is 0 Å². The van der Waals surface area contributed by atoms with Gasteiger partial charge in [-0.2, -0.15) is 0 Å². The molecule has 22 heavy (non-hydrogen) atoms. The van der Waals surface area contributed by atoms with Gasteiger partial charge in [0, 0.05) is 0 Å².